The van der Waals surface area contributed by atoms with Gasteiger partial charge in [-0.15, -0.1) is 0 Å². The van der Waals surface area contributed by atoms with Crippen molar-refractivity contribution < 1.29 is 23.8 Å². The maximum Gasteiger partial charge on any atom is 0.295 e. The second-order valence-electron chi connectivity index (χ2n) is 8.72. The monoisotopic (exact) mass is 454 g/mol. The predicted octanol–water partition coefficient (Wildman–Crippen LogP) is 4.39. The highest BCUT2D eigenvalue weighted by Gasteiger charge is 2.47. The van der Waals surface area contributed by atoms with Crippen molar-refractivity contribution in [3.8, 4) is 5.75 Å². The van der Waals surface area contributed by atoms with Crippen LogP contribution in [0.25, 0.3) is 5.76 Å². The molecule has 0 bridgehead atoms. The van der Waals surface area contributed by atoms with Crippen molar-refractivity contribution >= 4 is 17.4 Å². The highest BCUT2D eigenvalue weighted by molar-refractivity contribution is 6.46. The molecule has 1 unspecified atom stereocenters. The van der Waals surface area contributed by atoms with Crippen molar-refractivity contribution in [1.82, 2.24) is 9.80 Å². The van der Waals surface area contributed by atoms with E-state index in [1.54, 1.807) is 30.3 Å². The van der Waals surface area contributed by atoms with E-state index in [2.05, 4.69) is 32.6 Å². The molecule has 1 aromatic heterocycles. The number of aliphatic hydroxyl groups excluding tert-OH is 1. The molecule has 0 saturated carbocycles. The van der Waals surface area contributed by atoms with Crippen LogP contribution >= 0.6 is 0 Å². The van der Waals surface area contributed by atoms with Crippen molar-refractivity contribution in [3.05, 3.63) is 59.1 Å². The van der Waals surface area contributed by atoms with Crippen LogP contribution in [0.3, 0.4) is 0 Å². The fourth-order valence-corrected chi connectivity index (χ4v) is 4.01. The van der Waals surface area contributed by atoms with E-state index in [0.29, 0.717) is 36.9 Å². The van der Waals surface area contributed by atoms with Gasteiger partial charge in [0.1, 0.15) is 23.3 Å². The van der Waals surface area contributed by atoms with Crippen LogP contribution in [0.1, 0.15) is 50.6 Å². The van der Waals surface area contributed by atoms with Crippen molar-refractivity contribution in [2.24, 2.45) is 5.92 Å². The Bertz CT molecular complexity index is 1010. The number of hydrogen-bond donors (Lipinski definition) is 1. The van der Waals surface area contributed by atoms with Gasteiger partial charge in [0, 0.05) is 18.7 Å². The van der Waals surface area contributed by atoms with Crippen molar-refractivity contribution in [2.45, 2.75) is 40.7 Å². The van der Waals surface area contributed by atoms with Crippen LogP contribution in [-0.2, 0) is 9.59 Å². The highest BCUT2D eigenvalue weighted by Crippen LogP contribution is 2.39. The zero-order valence-corrected chi connectivity index (χ0v) is 20.1. The summed E-state index contributed by atoms with van der Waals surface area (Å²) in [5.74, 6) is 0.0214. The van der Waals surface area contributed by atoms with Gasteiger partial charge in [-0.1, -0.05) is 27.7 Å². The molecule has 7 nitrogen and oxygen atoms in total. The van der Waals surface area contributed by atoms with E-state index in [0.717, 1.165) is 24.4 Å². The van der Waals surface area contributed by atoms with Crippen LogP contribution in [-0.4, -0.2) is 59.4 Å². The Kier molecular flexibility index (Phi) is 7.97. The first kappa shape index (κ1) is 24.6. The average molecular weight is 455 g/mol. The number of rotatable bonds is 10. The molecule has 1 aromatic carbocycles. The number of ketones is 1. The van der Waals surface area contributed by atoms with Crippen LogP contribution in [0.15, 0.2) is 46.6 Å². The van der Waals surface area contributed by atoms with Gasteiger partial charge >= 0.3 is 0 Å². The number of carbonyl (C=O) groups excluding carboxylic acids is 2. The number of benzene rings is 1. The van der Waals surface area contributed by atoms with Gasteiger partial charge in [-0.3, -0.25) is 9.59 Å². The maximum atomic E-state index is 13.1. The van der Waals surface area contributed by atoms with Crippen LogP contribution in [0.4, 0.5) is 0 Å². The number of furan rings is 1. The molecule has 1 fully saturated rings. The normalized spacial score (nSPS) is 18.0. The summed E-state index contributed by atoms with van der Waals surface area (Å²) in [4.78, 5) is 29.7. The van der Waals surface area contributed by atoms with Gasteiger partial charge < -0.3 is 24.1 Å². The van der Waals surface area contributed by atoms with Gasteiger partial charge in [-0.25, -0.2) is 0 Å². The third-order valence-corrected chi connectivity index (χ3v) is 5.92. The standard InChI is InChI=1S/C26H34N2O5/c1-6-27(7-2)12-13-28-23(21-9-8-14-32-21)22(25(30)26(28)31)24(29)19-10-11-20(18(5)15-19)33-16-17(3)4/h8-11,14-15,17,23,29H,6-7,12-13,16H2,1-5H3/b24-22-. The maximum absolute atomic E-state index is 13.1. The van der Waals surface area contributed by atoms with Crippen molar-refractivity contribution in [3.63, 3.8) is 0 Å². The number of nitrogens with zero attached hydrogens (tertiary/aromatic N) is 2. The number of Topliss-reactive ketones (excluding diaryl/α,β-unsaturated/α-hetero) is 1. The minimum absolute atomic E-state index is 0.0461. The topological polar surface area (TPSA) is 83.2 Å². The lowest BCUT2D eigenvalue weighted by atomic mass is 9.98. The second-order valence-corrected chi connectivity index (χ2v) is 8.72. The molecule has 7 heteroatoms. The quantitative estimate of drug-likeness (QED) is 0.326. The third-order valence-electron chi connectivity index (χ3n) is 5.92. The molecule has 33 heavy (non-hydrogen) atoms. The Morgan fingerprint density at radius 2 is 1.94 bits per heavy atom. The first-order valence-corrected chi connectivity index (χ1v) is 11.6. The number of carbonyl (C=O) groups is 2. The number of ether oxygens (including phenoxy) is 1. The van der Waals surface area contributed by atoms with Crippen LogP contribution in [0, 0.1) is 12.8 Å². The van der Waals surface area contributed by atoms with Crippen LogP contribution < -0.4 is 4.74 Å². The van der Waals surface area contributed by atoms with Gasteiger partial charge in [-0.2, -0.15) is 0 Å². The summed E-state index contributed by atoms with van der Waals surface area (Å²) in [5, 5.41) is 11.2. The molecule has 1 aliphatic rings. The Morgan fingerprint density at radius 3 is 2.52 bits per heavy atom. The van der Waals surface area contributed by atoms with E-state index in [9.17, 15) is 14.7 Å². The zero-order valence-electron chi connectivity index (χ0n) is 20.1. The van der Waals surface area contributed by atoms with Crippen LogP contribution in [0.5, 0.6) is 5.75 Å². The smallest absolute Gasteiger partial charge is 0.295 e. The fourth-order valence-electron chi connectivity index (χ4n) is 4.01. The lowest BCUT2D eigenvalue weighted by molar-refractivity contribution is -0.140. The first-order valence-electron chi connectivity index (χ1n) is 11.6. The summed E-state index contributed by atoms with van der Waals surface area (Å²) >= 11 is 0. The third kappa shape index (κ3) is 5.30. The molecule has 1 amide bonds. The summed E-state index contributed by atoms with van der Waals surface area (Å²) in [6.07, 6.45) is 1.50. The molecule has 0 spiro atoms. The summed E-state index contributed by atoms with van der Waals surface area (Å²) in [6.45, 7) is 13.4. The van der Waals surface area contributed by atoms with Gasteiger partial charge in [-0.05, 0) is 61.8 Å². The molecule has 1 aliphatic heterocycles. The Hall–Kier alpha value is -3.06. The average Bonchev–Trinajstić information content (AvgIpc) is 3.40. The van der Waals surface area contributed by atoms with E-state index in [4.69, 9.17) is 9.15 Å². The Balaban J connectivity index is 1.99. The number of likely N-dealkylation sites (tertiary alicyclic amines) is 1. The van der Waals surface area contributed by atoms with Gasteiger partial charge in [0.2, 0.25) is 0 Å². The summed E-state index contributed by atoms with van der Waals surface area (Å²) < 4.78 is 11.4. The number of aryl methyl sites for hydroxylation is 1. The molecule has 3 rings (SSSR count). The molecular weight excluding hydrogens is 420 g/mol. The van der Waals surface area contributed by atoms with E-state index in [1.807, 2.05) is 6.92 Å². The summed E-state index contributed by atoms with van der Waals surface area (Å²) in [7, 11) is 0. The lowest BCUT2D eigenvalue weighted by Crippen LogP contribution is -2.37. The Labute approximate surface area is 195 Å². The lowest BCUT2D eigenvalue weighted by Gasteiger charge is -2.26. The van der Waals surface area contributed by atoms with Gasteiger partial charge in [0.05, 0.1) is 18.4 Å². The number of aliphatic hydroxyl groups is 1. The molecule has 1 saturated heterocycles. The summed E-state index contributed by atoms with van der Waals surface area (Å²) in [6, 6.07) is 7.93. The van der Waals surface area contributed by atoms with Crippen molar-refractivity contribution in [1.29, 1.82) is 0 Å². The number of amides is 1. The molecule has 0 aliphatic carbocycles. The molecule has 2 heterocycles. The largest absolute Gasteiger partial charge is 0.507 e. The van der Waals surface area contributed by atoms with Crippen LogP contribution in [0.2, 0.25) is 0 Å². The second kappa shape index (κ2) is 10.7. The SMILES string of the molecule is CCN(CC)CCN1C(=O)C(=O)/C(=C(\O)c2ccc(OCC(C)C)c(C)c2)C1c1ccco1. The van der Waals surface area contributed by atoms with Gasteiger partial charge in [0.25, 0.3) is 11.7 Å². The first-order chi connectivity index (χ1) is 15.8. The van der Waals surface area contributed by atoms with Crippen molar-refractivity contribution in [2.75, 3.05) is 32.8 Å². The van der Waals surface area contributed by atoms with Gasteiger partial charge in [0.15, 0.2) is 0 Å². The number of likely N-dealkylation sites (N-methyl/N-ethyl adjacent to an activating group) is 1. The molecule has 1 N–H and O–H groups in total. The van der Waals surface area contributed by atoms with E-state index >= 15 is 0 Å². The molecule has 0 radical (unpaired) electrons. The molecule has 2 aromatic rings. The minimum Gasteiger partial charge on any atom is -0.507 e. The van der Waals surface area contributed by atoms with E-state index in [1.165, 1.54) is 11.2 Å². The minimum atomic E-state index is -0.771. The predicted molar refractivity (Wildman–Crippen MR) is 127 cm³/mol. The van der Waals surface area contributed by atoms with E-state index in [-0.39, 0.29) is 11.3 Å². The molecular formula is C26H34N2O5. The van der Waals surface area contributed by atoms with E-state index < -0.39 is 17.7 Å². The molecule has 178 valence electrons. The fraction of sp³-hybridized carbons (Fsp3) is 0.462. The zero-order chi connectivity index (χ0) is 24.1. The highest BCUT2D eigenvalue weighted by atomic mass is 16.5. The number of hydrogen-bond acceptors (Lipinski definition) is 6. The molecule has 1 atom stereocenters. The Morgan fingerprint density at radius 1 is 1.21 bits per heavy atom. The summed E-state index contributed by atoms with van der Waals surface area (Å²) in [5.41, 5.74) is 1.34.